The van der Waals surface area contributed by atoms with E-state index < -0.39 is 23.8 Å². The number of ether oxygens (including phenoxy) is 4. The van der Waals surface area contributed by atoms with Gasteiger partial charge < -0.3 is 24.3 Å². The molecular formula is C30H43NO6. The van der Waals surface area contributed by atoms with Gasteiger partial charge in [0.1, 0.15) is 17.5 Å². The fourth-order valence-electron chi connectivity index (χ4n) is 3.32. The predicted molar refractivity (Wildman–Crippen MR) is 147 cm³/mol. The minimum Gasteiger partial charge on any atom is -0.497 e. The Hall–Kier alpha value is -3.32. The van der Waals surface area contributed by atoms with Crippen molar-refractivity contribution in [2.45, 2.75) is 65.3 Å². The van der Waals surface area contributed by atoms with Crippen LogP contribution in [0.4, 0.5) is 4.79 Å². The Balaban J connectivity index is 2.83. The molecule has 0 saturated heterocycles. The Morgan fingerprint density at radius 1 is 1.14 bits per heavy atom. The van der Waals surface area contributed by atoms with Crippen molar-refractivity contribution in [3.05, 3.63) is 78.9 Å². The lowest BCUT2D eigenvalue weighted by atomic mass is 9.98. The van der Waals surface area contributed by atoms with Crippen LogP contribution >= 0.6 is 0 Å². The molecule has 0 heterocycles. The molecule has 1 aromatic carbocycles. The summed E-state index contributed by atoms with van der Waals surface area (Å²) in [6.45, 7) is 16.2. The molecule has 0 bridgehead atoms. The van der Waals surface area contributed by atoms with Crippen molar-refractivity contribution in [1.82, 2.24) is 5.32 Å². The molecule has 7 nitrogen and oxygen atoms in total. The number of hydrogen-bond donors (Lipinski definition) is 1. The highest BCUT2D eigenvalue weighted by molar-refractivity contribution is 5.81. The largest absolute Gasteiger partial charge is 0.497 e. The fraction of sp³-hybridized carbons (Fsp3) is 0.467. The number of esters is 1. The van der Waals surface area contributed by atoms with E-state index in [2.05, 4.69) is 24.6 Å². The van der Waals surface area contributed by atoms with Crippen LogP contribution in [0.1, 0.15) is 52.5 Å². The van der Waals surface area contributed by atoms with E-state index in [0.29, 0.717) is 32.6 Å². The number of carbonyl (C=O) groups is 2. The van der Waals surface area contributed by atoms with Gasteiger partial charge in [0, 0.05) is 18.5 Å². The Morgan fingerprint density at radius 3 is 2.41 bits per heavy atom. The van der Waals surface area contributed by atoms with E-state index in [1.165, 1.54) is 0 Å². The first-order valence-corrected chi connectivity index (χ1v) is 12.6. The molecule has 37 heavy (non-hydrogen) atoms. The van der Waals surface area contributed by atoms with E-state index in [0.717, 1.165) is 29.4 Å². The normalized spacial score (nSPS) is 13.5. The Labute approximate surface area is 222 Å². The van der Waals surface area contributed by atoms with Crippen LogP contribution in [0.25, 0.3) is 0 Å². The van der Waals surface area contributed by atoms with Crippen LogP contribution in [0, 0.1) is 5.92 Å². The number of amides is 1. The molecule has 1 amide bonds. The van der Waals surface area contributed by atoms with Crippen LogP contribution in [0.15, 0.2) is 73.4 Å². The van der Waals surface area contributed by atoms with Crippen molar-refractivity contribution in [3.63, 3.8) is 0 Å². The van der Waals surface area contributed by atoms with E-state index >= 15 is 0 Å². The molecule has 0 saturated carbocycles. The van der Waals surface area contributed by atoms with Gasteiger partial charge in [-0.1, -0.05) is 49.4 Å². The van der Waals surface area contributed by atoms with E-state index in [9.17, 15) is 9.59 Å². The lowest BCUT2D eigenvalue weighted by Crippen LogP contribution is -2.33. The number of methoxy groups -OCH3 is 1. The minimum atomic E-state index is -0.564. The van der Waals surface area contributed by atoms with Gasteiger partial charge in [0.15, 0.2) is 0 Å². The van der Waals surface area contributed by atoms with Gasteiger partial charge in [-0.2, -0.15) is 0 Å². The number of carbonyl (C=O) groups excluding carboxylic acids is 2. The van der Waals surface area contributed by atoms with E-state index in [4.69, 9.17) is 18.9 Å². The number of hydrogen-bond acceptors (Lipinski definition) is 6. The van der Waals surface area contributed by atoms with Crippen molar-refractivity contribution in [1.29, 1.82) is 0 Å². The summed E-state index contributed by atoms with van der Waals surface area (Å²) < 4.78 is 21.8. The van der Waals surface area contributed by atoms with Crippen LogP contribution in [-0.4, -0.2) is 44.0 Å². The van der Waals surface area contributed by atoms with Crippen molar-refractivity contribution in [2.24, 2.45) is 5.92 Å². The van der Waals surface area contributed by atoms with Crippen molar-refractivity contribution >= 4 is 12.1 Å². The summed E-state index contributed by atoms with van der Waals surface area (Å²) in [7, 11) is 1.64. The van der Waals surface area contributed by atoms with Gasteiger partial charge in [0.2, 0.25) is 0 Å². The van der Waals surface area contributed by atoms with Crippen molar-refractivity contribution in [3.8, 4) is 5.75 Å². The van der Waals surface area contributed by atoms with Gasteiger partial charge in [-0.25, -0.2) is 9.59 Å². The minimum absolute atomic E-state index is 0.0332. The molecule has 2 atom stereocenters. The van der Waals surface area contributed by atoms with Crippen LogP contribution in [0.5, 0.6) is 5.75 Å². The molecule has 0 aromatic heterocycles. The summed E-state index contributed by atoms with van der Waals surface area (Å²) in [5, 5.41) is 2.78. The average Bonchev–Trinajstić information content (AvgIpc) is 2.86. The third-order valence-corrected chi connectivity index (χ3v) is 5.29. The van der Waals surface area contributed by atoms with E-state index in [1.807, 2.05) is 64.1 Å². The number of alkyl carbamates (subject to hydrolysis) is 1. The molecule has 204 valence electrons. The summed E-state index contributed by atoms with van der Waals surface area (Å²) in [5.74, 6) is 0.287. The van der Waals surface area contributed by atoms with E-state index in [-0.39, 0.29) is 5.92 Å². The smallest absolute Gasteiger partial charge is 0.407 e. The molecular weight excluding hydrogens is 470 g/mol. The molecule has 0 aliphatic carbocycles. The van der Waals surface area contributed by atoms with Crippen molar-refractivity contribution in [2.75, 3.05) is 20.3 Å². The molecule has 1 rings (SSSR count). The third kappa shape index (κ3) is 14.1. The third-order valence-electron chi connectivity index (χ3n) is 5.29. The summed E-state index contributed by atoms with van der Waals surface area (Å²) in [6.07, 6.45) is 9.85. The maximum atomic E-state index is 12.0. The highest BCUT2D eigenvalue weighted by atomic mass is 16.6. The maximum Gasteiger partial charge on any atom is 0.407 e. The quantitative estimate of drug-likeness (QED) is 0.0917. The standard InChI is InChI=1S/C30H43NO6/c1-8-25(9-2)27(36-28(32)10-3)18-15-23(19-20-31-29(33)37-30(4,5)6)12-11-21-35-22-24-13-16-26(34-7)17-14-24/h8,10,12-18,25,27H,1,3,9,11,19-22H2,2,4-7H3,(H,31,33)/b18-15+,23-12-. The lowest BCUT2D eigenvalue weighted by Gasteiger charge is -2.20. The van der Waals surface area contributed by atoms with Gasteiger partial charge >= 0.3 is 12.1 Å². The molecule has 2 unspecified atom stereocenters. The second kappa shape index (κ2) is 17.2. The zero-order valence-corrected chi connectivity index (χ0v) is 23.0. The van der Waals surface area contributed by atoms with E-state index in [1.54, 1.807) is 13.2 Å². The summed E-state index contributed by atoms with van der Waals surface area (Å²) >= 11 is 0. The second-order valence-electron chi connectivity index (χ2n) is 9.42. The summed E-state index contributed by atoms with van der Waals surface area (Å²) in [5.41, 5.74) is 1.47. The molecule has 0 aliphatic heterocycles. The summed E-state index contributed by atoms with van der Waals surface area (Å²) in [4.78, 5) is 23.9. The Kier molecular flexibility index (Phi) is 14.7. The molecule has 0 radical (unpaired) electrons. The van der Waals surface area contributed by atoms with Gasteiger partial charge in [0.25, 0.3) is 0 Å². The molecule has 7 heteroatoms. The maximum absolute atomic E-state index is 12.0. The number of allylic oxidation sites excluding steroid dienone is 1. The number of rotatable bonds is 16. The fourth-order valence-corrected chi connectivity index (χ4v) is 3.32. The highest BCUT2D eigenvalue weighted by Crippen LogP contribution is 2.18. The van der Waals surface area contributed by atoms with Crippen molar-refractivity contribution < 1.29 is 28.5 Å². The van der Waals surface area contributed by atoms with Crippen LogP contribution in [0.2, 0.25) is 0 Å². The molecule has 1 N–H and O–H groups in total. The SMILES string of the molecule is C=CC(=O)OC(/C=C/C(=C/CCOCc1ccc(OC)cc1)CCNC(=O)OC(C)(C)C)C(C=C)CC. The first kappa shape index (κ1) is 31.7. The predicted octanol–water partition coefficient (Wildman–Crippen LogP) is 6.31. The second-order valence-corrected chi connectivity index (χ2v) is 9.42. The average molecular weight is 514 g/mol. The van der Waals surface area contributed by atoms with Crippen LogP contribution < -0.4 is 10.1 Å². The lowest BCUT2D eigenvalue weighted by molar-refractivity contribution is -0.142. The molecule has 0 fully saturated rings. The first-order chi connectivity index (χ1) is 17.6. The Bertz CT molecular complexity index is 911. The molecule has 0 spiro atoms. The van der Waals surface area contributed by atoms with Gasteiger partial charge in [0.05, 0.1) is 20.3 Å². The number of nitrogens with one attached hydrogen (secondary N) is 1. The van der Waals surface area contributed by atoms with Gasteiger partial charge in [-0.3, -0.25) is 0 Å². The Morgan fingerprint density at radius 2 is 1.84 bits per heavy atom. The number of benzene rings is 1. The molecule has 0 aliphatic rings. The van der Waals surface area contributed by atoms with Gasteiger partial charge in [-0.05, 0) is 63.8 Å². The van der Waals surface area contributed by atoms with Crippen LogP contribution in [0.3, 0.4) is 0 Å². The summed E-state index contributed by atoms with van der Waals surface area (Å²) in [6, 6.07) is 7.75. The van der Waals surface area contributed by atoms with Crippen LogP contribution in [-0.2, 0) is 25.6 Å². The zero-order valence-electron chi connectivity index (χ0n) is 23.0. The van der Waals surface area contributed by atoms with Gasteiger partial charge in [-0.15, -0.1) is 6.58 Å². The first-order valence-electron chi connectivity index (χ1n) is 12.6. The highest BCUT2D eigenvalue weighted by Gasteiger charge is 2.18. The monoisotopic (exact) mass is 513 g/mol. The molecule has 1 aromatic rings. The topological polar surface area (TPSA) is 83.1 Å². The zero-order chi connectivity index (χ0) is 27.7.